The molecule has 4 heteroatoms. The van der Waals surface area contributed by atoms with Crippen LogP contribution in [-0.2, 0) is 4.79 Å². The number of carbonyl (C=O) groups is 1. The first kappa shape index (κ1) is 11.6. The number of carboxylic acids is 1. The van der Waals surface area contributed by atoms with Gasteiger partial charge in [0.2, 0.25) is 0 Å². The summed E-state index contributed by atoms with van der Waals surface area (Å²) in [6.07, 6.45) is 0.566. The zero-order chi connectivity index (χ0) is 11.3. The van der Waals surface area contributed by atoms with Gasteiger partial charge in [-0.05, 0) is 24.6 Å². The molecule has 78 valence electrons. The second-order valence-electron chi connectivity index (χ2n) is 2.99. The van der Waals surface area contributed by atoms with Crippen LogP contribution in [0.1, 0.15) is 18.9 Å². The summed E-state index contributed by atoms with van der Waals surface area (Å²) in [6.45, 7) is 1.83. The largest absolute Gasteiger partial charge is 0.480 e. The maximum Gasteiger partial charge on any atom is 0.316 e. The van der Waals surface area contributed by atoms with Crippen molar-refractivity contribution in [1.29, 1.82) is 5.26 Å². The zero-order valence-electron chi connectivity index (χ0n) is 8.30. The minimum atomic E-state index is -0.815. The van der Waals surface area contributed by atoms with E-state index in [1.165, 1.54) is 11.8 Å². The number of rotatable bonds is 4. The second kappa shape index (κ2) is 5.42. The molecule has 0 fully saturated rings. The van der Waals surface area contributed by atoms with Crippen LogP contribution in [0.15, 0.2) is 29.2 Å². The zero-order valence-corrected chi connectivity index (χ0v) is 9.12. The smallest absolute Gasteiger partial charge is 0.316 e. The lowest BCUT2D eigenvalue weighted by atomic mass is 10.2. The average Bonchev–Trinajstić information content (AvgIpc) is 2.25. The van der Waals surface area contributed by atoms with Crippen LogP contribution in [0.3, 0.4) is 0 Å². The van der Waals surface area contributed by atoms with Crippen molar-refractivity contribution < 1.29 is 9.90 Å². The van der Waals surface area contributed by atoms with Crippen molar-refractivity contribution in [2.75, 3.05) is 0 Å². The van der Waals surface area contributed by atoms with E-state index >= 15 is 0 Å². The molecule has 1 aromatic carbocycles. The fourth-order valence-corrected chi connectivity index (χ4v) is 2.06. The maximum atomic E-state index is 10.8. The number of hydrogen-bond acceptors (Lipinski definition) is 3. The molecule has 0 radical (unpaired) electrons. The number of carboxylic acid groups (broad SMARTS) is 1. The van der Waals surface area contributed by atoms with E-state index < -0.39 is 11.2 Å². The highest BCUT2D eigenvalue weighted by Crippen LogP contribution is 2.26. The number of hydrogen-bond donors (Lipinski definition) is 1. The van der Waals surface area contributed by atoms with Crippen LogP contribution in [0.4, 0.5) is 0 Å². The van der Waals surface area contributed by atoms with E-state index in [4.69, 9.17) is 10.4 Å². The van der Waals surface area contributed by atoms with Crippen LogP contribution in [-0.4, -0.2) is 16.3 Å². The van der Waals surface area contributed by atoms with E-state index in [0.717, 1.165) is 4.90 Å². The van der Waals surface area contributed by atoms with Gasteiger partial charge in [-0.25, -0.2) is 0 Å². The van der Waals surface area contributed by atoms with Gasteiger partial charge in [0.1, 0.15) is 5.25 Å². The number of aliphatic carboxylic acids is 1. The highest BCUT2D eigenvalue weighted by molar-refractivity contribution is 8.00. The molecule has 0 amide bonds. The summed E-state index contributed by atoms with van der Waals surface area (Å²) in [5.74, 6) is -0.815. The van der Waals surface area contributed by atoms with Crippen LogP contribution in [0.25, 0.3) is 0 Å². The van der Waals surface area contributed by atoms with Crippen molar-refractivity contribution in [2.45, 2.75) is 23.5 Å². The van der Waals surface area contributed by atoms with Gasteiger partial charge in [0.25, 0.3) is 0 Å². The predicted molar refractivity (Wildman–Crippen MR) is 58.7 cm³/mol. The van der Waals surface area contributed by atoms with Crippen molar-refractivity contribution in [1.82, 2.24) is 0 Å². The number of nitriles is 1. The first-order chi connectivity index (χ1) is 7.17. The van der Waals surface area contributed by atoms with Crippen LogP contribution >= 0.6 is 11.8 Å². The van der Waals surface area contributed by atoms with Gasteiger partial charge in [0.15, 0.2) is 0 Å². The van der Waals surface area contributed by atoms with E-state index in [1.807, 2.05) is 19.1 Å². The van der Waals surface area contributed by atoms with Crippen molar-refractivity contribution in [2.24, 2.45) is 0 Å². The van der Waals surface area contributed by atoms with Crippen molar-refractivity contribution in [3.05, 3.63) is 29.8 Å². The minimum absolute atomic E-state index is 0.445. The Bertz CT molecular complexity index is 398. The summed E-state index contributed by atoms with van der Waals surface area (Å²) < 4.78 is 0. The Kier molecular flexibility index (Phi) is 4.19. The first-order valence-electron chi connectivity index (χ1n) is 4.57. The van der Waals surface area contributed by atoms with Gasteiger partial charge < -0.3 is 5.11 Å². The van der Waals surface area contributed by atoms with Crippen molar-refractivity contribution in [3.8, 4) is 6.07 Å². The molecule has 0 aliphatic heterocycles. The van der Waals surface area contributed by atoms with E-state index in [-0.39, 0.29) is 0 Å². The summed E-state index contributed by atoms with van der Waals surface area (Å²) in [6, 6.07) is 9.01. The molecule has 3 nitrogen and oxygen atoms in total. The highest BCUT2D eigenvalue weighted by atomic mass is 32.2. The van der Waals surface area contributed by atoms with Crippen LogP contribution in [0.5, 0.6) is 0 Å². The third-order valence-electron chi connectivity index (χ3n) is 1.89. The molecular weight excluding hydrogens is 210 g/mol. The molecule has 0 spiro atoms. The molecule has 1 rings (SSSR count). The van der Waals surface area contributed by atoms with E-state index in [0.29, 0.717) is 12.0 Å². The van der Waals surface area contributed by atoms with Gasteiger partial charge in [0.05, 0.1) is 11.6 Å². The Labute approximate surface area is 92.7 Å². The summed E-state index contributed by atoms with van der Waals surface area (Å²) in [5, 5.41) is 17.1. The van der Waals surface area contributed by atoms with Crippen LogP contribution in [0.2, 0.25) is 0 Å². The van der Waals surface area contributed by atoms with Gasteiger partial charge in [-0.3, -0.25) is 4.79 Å². The number of benzene rings is 1. The lowest BCUT2D eigenvalue weighted by Crippen LogP contribution is -2.14. The van der Waals surface area contributed by atoms with Crippen LogP contribution < -0.4 is 0 Å². The standard InChI is InChI=1S/C11H11NO2S/c1-2-10(11(13)14)15-9-5-3-4-8(6-9)7-12/h3-6,10H,2H2,1H3,(H,13,14). The molecule has 0 bridgehead atoms. The first-order valence-corrected chi connectivity index (χ1v) is 5.45. The van der Waals surface area contributed by atoms with Crippen molar-refractivity contribution >= 4 is 17.7 Å². The average molecular weight is 221 g/mol. The molecule has 1 N–H and O–H groups in total. The number of thioether (sulfide) groups is 1. The molecule has 1 atom stereocenters. The lowest BCUT2D eigenvalue weighted by Gasteiger charge is -2.08. The van der Waals surface area contributed by atoms with Crippen LogP contribution in [0, 0.1) is 11.3 Å². The van der Waals surface area contributed by atoms with E-state index in [1.54, 1.807) is 18.2 Å². The SMILES string of the molecule is CCC(Sc1cccc(C#N)c1)C(=O)O. The maximum absolute atomic E-state index is 10.8. The Hall–Kier alpha value is -1.47. The molecule has 15 heavy (non-hydrogen) atoms. The van der Waals surface area contributed by atoms with Gasteiger partial charge >= 0.3 is 5.97 Å². The normalized spacial score (nSPS) is 11.7. The Morgan fingerprint density at radius 1 is 1.67 bits per heavy atom. The summed E-state index contributed by atoms with van der Waals surface area (Å²) in [7, 11) is 0. The summed E-state index contributed by atoms with van der Waals surface area (Å²) in [5.41, 5.74) is 0.556. The quantitative estimate of drug-likeness (QED) is 0.793. The monoisotopic (exact) mass is 221 g/mol. The predicted octanol–water partition coefficient (Wildman–Crippen LogP) is 2.51. The summed E-state index contributed by atoms with van der Waals surface area (Å²) in [4.78, 5) is 11.6. The second-order valence-corrected chi connectivity index (χ2v) is 4.27. The molecule has 0 aliphatic rings. The molecule has 0 heterocycles. The molecule has 0 saturated heterocycles. The van der Waals surface area contributed by atoms with Gasteiger partial charge in [0, 0.05) is 4.90 Å². The molecule has 1 aromatic rings. The lowest BCUT2D eigenvalue weighted by molar-refractivity contribution is -0.136. The molecule has 0 aromatic heterocycles. The van der Waals surface area contributed by atoms with Gasteiger partial charge in [-0.1, -0.05) is 13.0 Å². The topological polar surface area (TPSA) is 61.1 Å². The Morgan fingerprint density at radius 3 is 2.93 bits per heavy atom. The van der Waals surface area contributed by atoms with E-state index in [2.05, 4.69) is 0 Å². The minimum Gasteiger partial charge on any atom is -0.480 e. The Balaban J connectivity index is 2.80. The number of nitrogens with zero attached hydrogens (tertiary/aromatic N) is 1. The third kappa shape index (κ3) is 3.30. The van der Waals surface area contributed by atoms with E-state index in [9.17, 15) is 4.79 Å². The molecule has 0 saturated carbocycles. The van der Waals surface area contributed by atoms with Gasteiger partial charge in [-0.2, -0.15) is 5.26 Å². The molecule has 0 aliphatic carbocycles. The molecule has 1 unspecified atom stereocenters. The van der Waals surface area contributed by atoms with Gasteiger partial charge in [-0.15, -0.1) is 11.8 Å². The molecular formula is C11H11NO2S. The fourth-order valence-electron chi connectivity index (χ4n) is 1.11. The fraction of sp³-hybridized carbons (Fsp3) is 0.273. The third-order valence-corrected chi connectivity index (χ3v) is 3.23. The van der Waals surface area contributed by atoms with Crippen molar-refractivity contribution in [3.63, 3.8) is 0 Å². The Morgan fingerprint density at radius 2 is 2.40 bits per heavy atom. The highest BCUT2D eigenvalue weighted by Gasteiger charge is 2.16. The summed E-state index contributed by atoms with van der Waals surface area (Å²) >= 11 is 1.28.